The van der Waals surface area contributed by atoms with Crippen molar-refractivity contribution in [3.8, 4) is 11.4 Å². The van der Waals surface area contributed by atoms with E-state index in [1.165, 1.54) is 65.6 Å². The Balaban J connectivity index is 0.000000157. The molecule has 4 atom stereocenters. The van der Waals surface area contributed by atoms with Crippen LogP contribution in [-0.2, 0) is 14.2 Å². The zero-order valence-electron chi connectivity index (χ0n) is 41.9. The highest BCUT2D eigenvalue weighted by Gasteiger charge is 2.43. The van der Waals surface area contributed by atoms with Crippen LogP contribution in [0.3, 0.4) is 0 Å². The number of esters is 2. The zero-order valence-corrected chi connectivity index (χ0v) is 41.9. The Morgan fingerprint density at radius 3 is 1.51 bits per heavy atom. The maximum Gasteiger partial charge on any atom is 0.410 e. The van der Waals surface area contributed by atoms with E-state index >= 15 is 0 Å². The molecule has 3 saturated carbocycles. The maximum absolute atomic E-state index is 12.9. The molecule has 2 aromatic carbocycles. The van der Waals surface area contributed by atoms with Gasteiger partial charge in [-0.2, -0.15) is 10.2 Å². The molecule has 0 bridgehead atoms. The van der Waals surface area contributed by atoms with Crippen LogP contribution < -0.4 is 9.80 Å². The van der Waals surface area contributed by atoms with Crippen LogP contribution in [0.25, 0.3) is 33.4 Å². The molecular formula is C56H67N9O6. The van der Waals surface area contributed by atoms with Gasteiger partial charge in [-0.15, -0.1) is 0 Å². The molecule has 3 aliphatic carbocycles. The van der Waals surface area contributed by atoms with Crippen molar-refractivity contribution < 1.29 is 28.6 Å². The first-order valence-electron chi connectivity index (χ1n) is 26.1. The summed E-state index contributed by atoms with van der Waals surface area (Å²) in [7, 11) is 2.81. The highest BCUT2D eigenvalue weighted by atomic mass is 16.6. The van der Waals surface area contributed by atoms with E-state index in [1.807, 2.05) is 108 Å². The van der Waals surface area contributed by atoms with Crippen molar-refractivity contribution in [1.29, 1.82) is 0 Å². The van der Waals surface area contributed by atoms with Gasteiger partial charge in [0, 0.05) is 50.6 Å². The molecule has 6 fully saturated rings. The van der Waals surface area contributed by atoms with Crippen LogP contribution in [0.2, 0.25) is 0 Å². The minimum Gasteiger partial charge on any atom is -0.464 e. The van der Waals surface area contributed by atoms with Gasteiger partial charge in [-0.3, -0.25) is 0 Å². The van der Waals surface area contributed by atoms with E-state index in [4.69, 9.17) is 34.4 Å². The Hall–Kier alpha value is -6.51. The number of benzene rings is 2. The third kappa shape index (κ3) is 8.98. The van der Waals surface area contributed by atoms with Crippen LogP contribution in [0.4, 0.5) is 16.2 Å². The number of rotatable bonds is 8. The van der Waals surface area contributed by atoms with Crippen molar-refractivity contribution in [1.82, 2.24) is 34.4 Å². The largest absolute Gasteiger partial charge is 0.464 e. The predicted octanol–water partition coefficient (Wildman–Crippen LogP) is 10.4. The Labute approximate surface area is 415 Å². The lowest BCUT2D eigenvalue weighted by molar-refractivity contribution is 0.0194. The van der Waals surface area contributed by atoms with Crippen LogP contribution in [-0.4, -0.2) is 111 Å². The van der Waals surface area contributed by atoms with E-state index in [0.717, 1.165) is 114 Å². The summed E-state index contributed by atoms with van der Waals surface area (Å²) >= 11 is 0. The molecule has 372 valence electrons. The number of nitrogens with zero attached hydrogens (tertiary/aromatic N) is 9. The lowest BCUT2D eigenvalue weighted by Crippen LogP contribution is -2.48. The van der Waals surface area contributed by atoms with Gasteiger partial charge in [0.1, 0.15) is 5.60 Å². The minimum atomic E-state index is -0.514. The first-order valence-corrected chi connectivity index (χ1v) is 26.1. The fraction of sp³-hybridized carbons (Fsp3) is 0.518. The predicted molar refractivity (Wildman–Crippen MR) is 273 cm³/mol. The van der Waals surface area contributed by atoms with E-state index in [1.54, 1.807) is 0 Å². The molecular weight excluding hydrogens is 895 g/mol. The molecule has 4 unspecified atom stereocenters. The highest BCUT2D eigenvalue weighted by molar-refractivity contribution is 6.00. The number of para-hydroxylation sites is 2. The van der Waals surface area contributed by atoms with Crippen molar-refractivity contribution in [2.45, 2.75) is 121 Å². The van der Waals surface area contributed by atoms with Gasteiger partial charge in [0.15, 0.2) is 22.7 Å². The fourth-order valence-electron chi connectivity index (χ4n) is 12.2. The number of piperidine rings is 2. The van der Waals surface area contributed by atoms with Gasteiger partial charge >= 0.3 is 18.0 Å². The maximum atomic E-state index is 12.9. The first-order chi connectivity index (χ1) is 34.5. The van der Waals surface area contributed by atoms with Crippen molar-refractivity contribution >= 4 is 51.5 Å². The smallest absolute Gasteiger partial charge is 0.410 e. The number of carbonyl (C=O) groups is 3. The summed E-state index contributed by atoms with van der Waals surface area (Å²) in [4.78, 5) is 54.7. The molecule has 71 heavy (non-hydrogen) atoms. The van der Waals surface area contributed by atoms with Crippen LogP contribution >= 0.6 is 0 Å². The van der Waals surface area contributed by atoms with Crippen LogP contribution in [0, 0.1) is 17.8 Å². The SMILES string of the molecule is COC(=O)c1cc(N2CCC3C(CCN3C(=O)OC(C)(C)C)C2)c2c(C3CCC3)nn(-c3ccccc3)c2n1.COC(=O)c1cc(N2CCC3CCCC3C2)c2c(C3CCC3)nn(-c3ccccc3)c2n1. The second-order valence-electron chi connectivity index (χ2n) is 21.7. The summed E-state index contributed by atoms with van der Waals surface area (Å²) in [5, 5.41) is 12.4. The van der Waals surface area contributed by atoms with Crippen molar-refractivity contribution in [3.63, 3.8) is 0 Å². The number of carbonyl (C=O) groups excluding carboxylic acids is 3. The molecule has 7 heterocycles. The molecule has 0 radical (unpaired) electrons. The van der Waals surface area contributed by atoms with Gasteiger partial charge in [-0.05, 0) is 126 Å². The van der Waals surface area contributed by atoms with E-state index in [2.05, 4.69) is 9.80 Å². The molecule has 3 aliphatic heterocycles. The lowest BCUT2D eigenvalue weighted by Gasteiger charge is -2.39. The number of amides is 1. The number of fused-ring (bicyclic) bond motifs is 4. The number of ether oxygens (including phenoxy) is 3. The third-order valence-electron chi connectivity index (χ3n) is 16.2. The normalized spacial score (nSPS) is 22.3. The molecule has 15 nitrogen and oxygen atoms in total. The summed E-state index contributed by atoms with van der Waals surface area (Å²) in [5.41, 5.74) is 7.76. The summed E-state index contributed by atoms with van der Waals surface area (Å²) in [6, 6.07) is 24.1. The molecule has 6 aromatic rings. The zero-order chi connectivity index (χ0) is 49.0. The summed E-state index contributed by atoms with van der Waals surface area (Å²) < 4.78 is 19.7. The molecule has 12 rings (SSSR count). The van der Waals surface area contributed by atoms with Gasteiger partial charge < -0.3 is 28.9 Å². The molecule has 6 aliphatic rings. The average molecular weight is 962 g/mol. The Morgan fingerprint density at radius 1 is 0.563 bits per heavy atom. The quantitative estimate of drug-likeness (QED) is 0.106. The second kappa shape index (κ2) is 19.2. The molecule has 0 N–H and O–H groups in total. The van der Waals surface area contributed by atoms with E-state index in [0.29, 0.717) is 35.6 Å². The minimum absolute atomic E-state index is 0.159. The average Bonchev–Trinajstić information content (AvgIpc) is 4.17. The molecule has 4 aromatic heterocycles. The second-order valence-corrected chi connectivity index (χ2v) is 21.7. The van der Waals surface area contributed by atoms with Crippen LogP contribution in [0.1, 0.15) is 142 Å². The van der Waals surface area contributed by atoms with Gasteiger partial charge in [0.2, 0.25) is 0 Å². The summed E-state index contributed by atoms with van der Waals surface area (Å²) in [5.74, 6) is 1.94. The van der Waals surface area contributed by atoms with Crippen molar-refractivity contribution in [3.05, 3.63) is 95.6 Å². The van der Waals surface area contributed by atoms with Gasteiger partial charge in [0.05, 0.1) is 59.1 Å². The van der Waals surface area contributed by atoms with Gasteiger partial charge in [-0.25, -0.2) is 33.7 Å². The molecule has 1 amide bonds. The Morgan fingerprint density at radius 2 is 1.03 bits per heavy atom. The van der Waals surface area contributed by atoms with Crippen molar-refractivity contribution in [2.24, 2.45) is 17.8 Å². The molecule has 3 saturated heterocycles. The Kier molecular flexibility index (Phi) is 12.7. The van der Waals surface area contributed by atoms with E-state index in [9.17, 15) is 14.4 Å². The van der Waals surface area contributed by atoms with Crippen molar-refractivity contribution in [2.75, 3.05) is 56.7 Å². The number of methoxy groups -OCH3 is 2. The van der Waals surface area contributed by atoms with Crippen LogP contribution in [0.15, 0.2) is 72.8 Å². The van der Waals surface area contributed by atoms with Gasteiger partial charge in [-0.1, -0.05) is 62.1 Å². The third-order valence-corrected chi connectivity index (χ3v) is 16.2. The number of likely N-dealkylation sites (tertiary alicyclic amines) is 1. The molecule has 15 heteroatoms. The lowest BCUT2D eigenvalue weighted by atomic mass is 9.81. The number of aromatic nitrogens is 6. The fourth-order valence-corrected chi connectivity index (χ4v) is 12.2. The summed E-state index contributed by atoms with van der Waals surface area (Å²) in [6.45, 7) is 10.1. The molecule has 0 spiro atoms. The Bertz CT molecular complexity index is 2940. The topological polar surface area (TPSA) is 150 Å². The number of hydrogen-bond donors (Lipinski definition) is 0. The first kappa shape index (κ1) is 46.8. The van der Waals surface area contributed by atoms with E-state index in [-0.39, 0.29) is 17.8 Å². The summed E-state index contributed by atoms with van der Waals surface area (Å²) in [6.07, 6.45) is 13.8. The number of anilines is 2. The van der Waals surface area contributed by atoms with Gasteiger partial charge in [0.25, 0.3) is 0 Å². The standard InChI is InChI=1S/C30H37N5O4.C26H30N4O2/c1-30(2,3)39-29(37)34-16-13-20-18-33(15-14-23(20)34)24-17-22(28(36)38-4)31-27-25(24)26(19-9-8-10-19)32-35(27)21-11-6-5-7-12-21;1-32-26(31)21-15-22(29-14-13-17-7-5-10-19(17)16-29)23-24(18-8-6-9-18)28-30(25(23)27-21)20-11-3-2-4-12-20/h5-7,11-12,17,19-20,23H,8-10,13-16,18H2,1-4H3;2-4,11-12,15,17-19H,5-10,13-14,16H2,1H3. The number of pyridine rings is 2. The van der Waals surface area contributed by atoms with E-state index < -0.39 is 17.5 Å². The number of hydrogen-bond acceptors (Lipinski definition) is 12. The van der Waals surface area contributed by atoms with Crippen LogP contribution in [0.5, 0.6) is 0 Å². The highest BCUT2D eigenvalue weighted by Crippen LogP contribution is 2.47. The monoisotopic (exact) mass is 962 g/mol.